The first kappa shape index (κ1) is 12.1. The van der Waals surface area contributed by atoms with E-state index in [0.29, 0.717) is 11.5 Å². The fourth-order valence-corrected chi connectivity index (χ4v) is 2.78. The molecule has 2 heteroatoms. The number of aryl methyl sites for hydroxylation is 2. The van der Waals surface area contributed by atoms with Crippen molar-refractivity contribution in [2.75, 3.05) is 0 Å². The van der Waals surface area contributed by atoms with Gasteiger partial charge in [0, 0.05) is 5.41 Å². The zero-order valence-corrected chi connectivity index (χ0v) is 11.3. The average Bonchev–Trinajstić information content (AvgIpc) is 3.17. The van der Waals surface area contributed by atoms with E-state index in [9.17, 15) is 10.2 Å². The highest BCUT2D eigenvalue weighted by Gasteiger charge is 2.46. The number of hydrogen-bond donors (Lipinski definition) is 2. The fraction of sp³-hybridized carbons (Fsp3) is 0.294. The van der Waals surface area contributed by atoms with Gasteiger partial charge in [-0.3, -0.25) is 0 Å². The number of rotatable bonds is 2. The first-order valence-corrected chi connectivity index (χ1v) is 6.63. The van der Waals surface area contributed by atoms with Crippen molar-refractivity contribution in [1.82, 2.24) is 0 Å². The highest BCUT2D eigenvalue weighted by Crippen LogP contribution is 2.54. The minimum Gasteiger partial charge on any atom is -0.508 e. The molecule has 0 spiro atoms. The Morgan fingerprint density at radius 3 is 1.53 bits per heavy atom. The monoisotopic (exact) mass is 254 g/mol. The number of phenols is 2. The van der Waals surface area contributed by atoms with Gasteiger partial charge in [-0.2, -0.15) is 0 Å². The molecule has 0 saturated heterocycles. The molecule has 0 aromatic heterocycles. The second-order valence-electron chi connectivity index (χ2n) is 5.58. The second kappa shape index (κ2) is 4.02. The van der Waals surface area contributed by atoms with Crippen molar-refractivity contribution in [1.29, 1.82) is 0 Å². The van der Waals surface area contributed by atoms with Crippen LogP contribution in [-0.2, 0) is 5.41 Å². The molecule has 98 valence electrons. The summed E-state index contributed by atoms with van der Waals surface area (Å²) in [5.41, 5.74) is 4.43. The molecule has 0 radical (unpaired) electrons. The van der Waals surface area contributed by atoms with Crippen LogP contribution in [0, 0.1) is 13.8 Å². The van der Waals surface area contributed by atoms with Gasteiger partial charge in [0.15, 0.2) is 0 Å². The molecule has 0 bridgehead atoms. The number of benzene rings is 2. The molecule has 19 heavy (non-hydrogen) atoms. The molecule has 1 aliphatic carbocycles. The Morgan fingerprint density at radius 2 is 1.21 bits per heavy atom. The van der Waals surface area contributed by atoms with Crippen molar-refractivity contribution in [3.63, 3.8) is 0 Å². The van der Waals surface area contributed by atoms with Gasteiger partial charge in [-0.25, -0.2) is 0 Å². The molecule has 1 aliphatic rings. The van der Waals surface area contributed by atoms with Crippen LogP contribution < -0.4 is 0 Å². The maximum absolute atomic E-state index is 9.65. The van der Waals surface area contributed by atoms with E-state index in [0.717, 1.165) is 24.0 Å². The van der Waals surface area contributed by atoms with Crippen molar-refractivity contribution in [3.8, 4) is 11.5 Å². The summed E-state index contributed by atoms with van der Waals surface area (Å²) in [6, 6.07) is 11.7. The Balaban J connectivity index is 2.07. The first-order chi connectivity index (χ1) is 9.03. The number of phenolic OH excluding ortho intramolecular Hbond substituents is 2. The van der Waals surface area contributed by atoms with E-state index in [1.165, 1.54) is 11.1 Å². The summed E-state index contributed by atoms with van der Waals surface area (Å²) in [5, 5.41) is 19.3. The summed E-state index contributed by atoms with van der Waals surface area (Å²) in [6.45, 7) is 3.86. The molecular weight excluding hydrogens is 236 g/mol. The van der Waals surface area contributed by atoms with Gasteiger partial charge in [-0.1, -0.05) is 24.3 Å². The summed E-state index contributed by atoms with van der Waals surface area (Å²) >= 11 is 0. The normalized spacial score (nSPS) is 16.3. The standard InChI is InChI=1S/C17H18O2/c1-11-9-13(3-5-15(11)18)17(7-8-17)14-4-6-16(19)12(2)10-14/h3-6,9-10,18-19H,7-8H2,1-2H3. The topological polar surface area (TPSA) is 40.5 Å². The molecular formula is C17H18O2. The molecule has 2 nitrogen and oxygen atoms in total. The highest BCUT2D eigenvalue weighted by atomic mass is 16.3. The smallest absolute Gasteiger partial charge is 0.118 e. The van der Waals surface area contributed by atoms with Crippen LogP contribution in [0.2, 0.25) is 0 Å². The Labute approximate surface area is 113 Å². The summed E-state index contributed by atoms with van der Waals surface area (Å²) in [7, 11) is 0. The van der Waals surface area contributed by atoms with Gasteiger partial charge >= 0.3 is 0 Å². The van der Waals surface area contributed by atoms with E-state index >= 15 is 0 Å². The fourth-order valence-electron chi connectivity index (χ4n) is 2.78. The van der Waals surface area contributed by atoms with Crippen LogP contribution in [0.25, 0.3) is 0 Å². The Bertz CT molecular complexity index is 586. The molecule has 3 rings (SSSR count). The molecule has 2 aromatic carbocycles. The third-order valence-electron chi connectivity index (χ3n) is 4.25. The van der Waals surface area contributed by atoms with Crippen LogP contribution in [0.3, 0.4) is 0 Å². The number of hydrogen-bond acceptors (Lipinski definition) is 2. The maximum atomic E-state index is 9.65. The Morgan fingerprint density at radius 1 is 0.789 bits per heavy atom. The van der Waals surface area contributed by atoms with Crippen LogP contribution >= 0.6 is 0 Å². The summed E-state index contributed by atoms with van der Waals surface area (Å²) < 4.78 is 0. The first-order valence-electron chi connectivity index (χ1n) is 6.63. The van der Waals surface area contributed by atoms with Crippen molar-refractivity contribution >= 4 is 0 Å². The zero-order valence-electron chi connectivity index (χ0n) is 11.3. The molecule has 2 N–H and O–H groups in total. The predicted molar refractivity (Wildman–Crippen MR) is 75.7 cm³/mol. The van der Waals surface area contributed by atoms with Gasteiger partial charge in [0.25, 0.3) is 0 Å². The van der Waals surface area contributed by atoms with Crippen LogP contribution in [0.15, 0.2) is 36.4 Å². The minimum absolute atomic E-state index is 0.0803. The summed E-state index contributed by atoms with van der Waals surface area (Å²) in [4.78, 5) is 0. The molecule has 1 fully saturated rings. The van der Waals surface area contributed by atoms with Gasteiger partial charge in [0.05, 0.1) is 0 Å². The van der Waals surface area contributed by atoms with Gasteiger partial charge in [-0.05, 0) is 61.1 Å². The van der Waals surface area contributed by atoms with Crippen molar-refractivity contribution in [2.45, 2.75) is 32.1 Å². The third kappa shape index (κ3) is 1.88. The summed E-state index contributed by atoms with van der Waals surface area (Å²) in [6.07, 6.45) is 2.25. The van der Waals surface area contributed by atoms with Crippen LogP contribution in [0.4, 0.5) is 0 Å². The van der Waals surface area contributed by atoms with Crippen LogP contribution in [0.1, 0.15) is 35.1 Å². The Hall–Kier alpha value is -1.96. The predicted octanol–water partition coefficient (Wildman–Crippen LogP) is 3.79. The molecule has 0 aliphatic heterocycles. The zero-order chi connectivity index (χ0) is 13.6. The van der Waals surface area contributed by atoms with E-state index in [4.69, 9.17) is 0 Å². The number of aromatic hydroxyl groups is 2. The Kier molecular flexibility index (Phi) is 2.56. The van der Waals surface area contributed by atoms with E-state index < -0.39 is 0 Å². The van der Waals surface area contributed by atoms with E-state index in [2.05, 4.69) is 12.1 Å². The van der Waals surface area contributed by atoms with E-state index in [1.807, 2.05) is 26.0 Å². The SMILES string of the molecule is Cc1cc(C2(c3ccc(O)c(C)c3)CC2)ccc1O. The molecule has 0 atom stereocenters. The van der Waals surface area contributed by atoms with Crippen molar-refractivity contribution in [3.05, 3.63) is 58.7 Å². The average molecular weight is 254 g/mol. The second-order valence-corrected chi connectivity index (χ2v) is 5.58. The summed E-state index contributed by atoms with van der Waals surface area (Å²) in [5.74, 6) is 0.697. The van der Waals surface area contributed by atoms with Crippen molar-refractivity contribution < 1.29 is 10.2 Å². The maximum Gasteiger partial charge on any atom is 0.118 e. The molecule has 0 amide bonds. The molecule has 1 saturated carbocycles. The van der Waals surface area contributed by atoms with Gasteiger partial charge < -0.3 is 10.2 Å². The highest BCUT2D eigenvalue weighted by molar-refractivity contribution is 5.50. The van der Waals surface area contributed by atoms with Gasteiger partial charge in [0.1, 0.15) is 11.5 Å². The lowest BCUT2D eigenvalue weighted by atomic mass is 9.86. The molecule has 0 unspecified atom stereocenters. The molecule has 2 aromatic rings. The molecule has 0 heterocycles. The quantitative estimate of drug-likeness (QED) is 0.856. The largest absolute Gasteiger partial charge is 0.508 e. The third-order valence-corrected chi connectivity index (χ3v) is 4.25. The van der Waals surface area contributed by atoms with Gasteiger partial charge in [-0.15, -0.1) is 0 Å². The lowest BCUT2D eigenvalue weighted by Crippen LogP contribution is -2.09. The van der Waals surface area contributed by atoms with Crippen LogP contribution in [-0.4, -0.2) is 10.2 Å². The lowest BCUT2D eigenvalue weighted by Gasteiger charge is -2.18. The van der Waals surface area contributed by atoms with Gasteiger partial charge in [0.2, 0.25) is 0 Å². The van der Waals surface area contributed by atoms with E-state index in [-0.39, 0.29) is 5.41 Å². The van der Waals surface area contributed by atoms with Crippen LogP contribution in [0.5, 0.6) is 11.5 Å². The van der Waals surface area contributed by atoms with Crippen molar-refractivity contribution in [2.24, 2.45) is 0 Å². The minimum atomic E-state index is 0.0803. The van der Waals surface area contributed by atoms with E-state index in [1.54, 1.807) is 12.1 Å². The lowest BCUT2D eigenvalue weighted by molar-refractivity contribution is 0.470.